The van der Waals surface area contributed by atoms with Crippen molar-refractivity contribution in [2.45, 2.75) is 13.8 Å². The zero-order chi connectivity index (χ0) is 9.56. The van der Waals surface area contributed by atoms with Gasteiger partial charge in [-0.2, -0.15) is 0 Å². The topological polar surface area (TPSA) is 32.3 Å². The summed E-state index contributed by atoms with van der Waals surface area (Å²) in [5.41, 5.74) is 0.891. The molecule has 0 atom stereocenters. The van der Waals surface area contributed by atoms with Crippen LogP contribution in [-0.2, 0) is 0 Å². The standard InChI is InChI=1S/C7H8ClNO.C2H6/c1-9-5-2-3-7(10)6(8)4-5;1-2/h2-4,9-10H,1H3;1-2H3. The second kappa shape index (κ2) is 5.72. The lowest BCUT2D eigenvalue weighted by atomic mass is 10.3. The quantitative estimate of drug-likeness (QED) is 0.663. The Morgan fingerprint density at radius 1 is 1.33 bits per heavy atom. The number of benzene rings is 1. The minimum Gasteiger partial charge on any atom is -0.506 e. The van der Waals surface area contributed by atoms with Crippen molar-refractivity contribution >= 4 is 17.3 Å². The summed E-state index contributed by atoms with van der Waals surface area (Å²) in [6.07, 6.45) is 0. The number of hydrogen-bond acceptors (Lipinski definition) is 2. The van der Waals surface area contributed by atoms with Crippen LogP contribution in [0.3, 0.4) is 0 Å². The zero-order valence-electron chi connectivity index (χ0n) is 7.56. The van der Waals surface area contributed by atoms with Gasteiger partial charge in [0.05, 0.1) is 5.02 Å². The van der Waals surface area contributed by atoms with Crippen LogP contribution in [0.15, 0.2) is 18.2 Å². The second-order valence-electron chi connectivity index (χ2n) is 1.92. The lowest BCUT2D eigenvalue weighted by Gasteiger charge is -2.00. The van der Waals surface area contributed by atoms with Crippen LogP contribution < -0.4 is 5.32 Å². The highest BCUT2D eigenvalue weighted by Crippen LogP contribution is 2.25. The van der Waals surface area contributed by atoms with Crippen LogP contribution in [0, 0.1) is 0 Å². The van der Waals surface area contributed by atoms with Crippen molar-refractivity contribution < 1.29 is 5.11 Å². The fourth-order valence-corrected chi connectivity index (χ4v) is 0.843. The number of phenols is 1. The summed E-state index contributed by atoms with van der Waals surface area (Å²) in [5.74, 6) is 0.112. The van der Waals surface area contributed by atoms with Crippen molar-refractivity contribution in [1.82, 2.24) is 0 Å². The molecular weight excluding hydrogens is 174 g/mol. The van der Waals surface area contributed by atoms with Crippen LogP contribution in [0.5, 0.6) is 5.75 Å². The number of halogens is 1. The highest BCUT2D eigenvalue weighted by atomic mass is 35.5. The summed E-state index contributed by atoms with van der Waals surface area (Å²) in [6, 6.07) is 4.96. The summed E-state index contributed by atoms with van der Waals surface area (Å²) in [5, 5.41) is 12.2. The van der Waals surface area contributed by atoms with Crippen LogP contribution in [0.4, 0.5) is 5.69 Å². The number of nitrogens with one attached hydrogen (secondary N) is 1. The summed E-state index contributed by atoms with van der Waals surface area (Å²) < 4.78 is 0. The molecule has 3 heteroatoms. The van der Waals surface area contributed by atoms with Crippen LogP contribution in [0.25, 0.3) is 0 Å². The third-order valence-corrected chi connectivity index (χ3v) is 1.54. The Kier molecular flexibility index (Phi) is 5.30. The maximum Gasteiger partial charge on any atom is 0.134 e. The average Bonchev–Trinajstić information content (AvgIpc) is 2.13. The zero-order valence-corrected chi connectivity index (χ0v) is 8.31. The number of anilines is 1. The Labute approximate surface area is 78.2 Å². The highest BCUT2D eigenvalue weighted by molar-refractivity contribution is 6.32. The molecule has 0 aliphatic carbocycles. The van der Waals surface area contributed by atoms with Crippen LogP contribution in [0.1, 0.15) is 13.8 Å². The van der Waals surface area contributed by atoms with Gasteiger partial charge in [-0.3, -0.25) is 0 Å². The Bertz CT molecular complexity index is 238. The molecular formula is C9H14ClNO. The average molecular weight is 188 g/mol. The molecule has 12 heavy (non-hydrogen) atoms. The van der Waals surface area contributed by atoms with Gasteiger partial charge in [0.25, 0.3) is 0 Å². The van der Waals surface area contributed by atoms with Gasteiger partial charge in [-0.15, -0.1) is 0 Å². The third kappa shape index (κ3) is 3.01. The summed E-state index contributed by atoms with van der Waals surface area (Å²) in [6.45, 7) is 4.00. The van der Waals surface area contributed by atoms with Gasteiger partial charge in [-0.1, -0.05) is 25.4 Å². The molecule has 0 fully saturated rings. The molecule has 1 rings (SSSR count). The molecule has 0 saturated heterocycles. The lowest BCUT2D eigenvalue weighted by Crippen LogP contribution is -1.85. The van der Waals surface area contributed by atoms with Gasteiger partial charge in [-0.05, 0) is 18.2 Å². The number of phenolic OH excluding ortho intramolecular Hbond substituents is 1. The Morgan fingerprint density at radius 3 is 2.33 bits per heavy atom. The van der Waals surface area contributed by atoms with Gasteiger partial charge in [0.2, 0.25) is 0 Å². The maximum absolute atomic E-state index is 8.98. The molecule has 68 valence electrons. The fourth-order valence-electron chi connectivity index (χ4n) is 0.662. The summed E-state index contributed by atoms with van der Waals surface area (Å²) >= 11 is 5.60. The molecule has 0 bridgehead atoms. The van der Waals surface area contributed by atoms with Crippen molar-refractivity contribution in [2.24, 2.45) is 0 Å². The molecule has 0 radical (unpaired) electrons. The van der Waals surface area contributed by atoms with E-state index in [4.69, 9.17) is 16.7 Å². The third-order valence-electron chi connectivity index (χ3n) is 1.24. The first kappa shape index (κ1) is 11.1. The van der Waals surface area contributed by atoms with Gasteiger partial charge in [0, 0.05) is 12.7 Å². The first-order valence-corrected chi connectivity index (χ1v) is 4.28. The molecule has 0 saturated carbocycles. The monoisotopic (exact) mass is 187 g/mol. The van der Waals surface area contributed by atoms with E-state index in [2.05, 4.69) is 5.32 Å². The molecule has 1 aromatic rings. The van der Waals surface area contributed by atoms with Crippen LogP contribution in [-0.4, -0.2) is 12.2 Å². The SMILES string of the molecule is CC.CNc1ccc(O)c(Cl)c1. The van der Waals surface area contributed by atoms with E-state index in [1.807, 2.05) is 13.8 Å². The molecule has 2 nitrogen and oxygen atoms in total. The van der Waals surface area contributed by atoms with E-state index in [0.717, 1.165) is 5.69 Å². The number of aromatic hydroxyl groups is 1. The van der Waals surface area contributed by atoms with E-state index in [0.29, 0.717) is 5.02 Å². The van der Waals surface area contributed by atoms with Crippen molar-refractivity contribution in [1.29, 1.82) is 0 Å². The van der Waals surface area contributed by atoms with Crippen LogP contribution >= 0.6 is 11.6 Å². The number of hydrogen-bond donors (Lipinski definition) is 2. The molecule has 1 aromatic carbocycles. The van der Waals surface area contributed by atoms with Crippen molar-refractivity contribution in [3.05, 3.63) is 23.2 Å². The van der Waals surface area contributed by atoms with E-state index in [9.17, 15) is 0 Å². The second-order valence-corrected chi connectivity index (χ2v) is 2.32. The summed E-state index contributed by atoms with van der Waals surface area (Å²) in [7, 11) is 1.79. The van der Waals surface area contributed by atoms with Crippen molar-refractivity contribution in [2.75, 3.05) is 12.4 Å². The lowest BCUT2D eigenvalue weighted by molar-refractivity contribution is 0.475. The number of rotatable bonds is 1. The largest absolute Gasteiger partial charge is 0.506 e. The van der Waals surface area contributed by atoms with Gasteiger partial charge >= 0.3 is 0 Å². The van der Waals surface area contributed by atoms with E-state index in [1.165, 1.54) is 0 Å². The van der Waals surface area contributed by atoms with Crippen LogP contribution in [0.2, 0.25) is 5.02 Å². The normalized spacial score (nSPS) is 8.33. The molecule has 0 amide bonds. The molecule has 0 spiro atoms. The molecule has 0 aromatic heterocycles. The Hall–Kier alpha value is -0.890. The molecule has 2 N–H and O–H groups in total. The van der Waals surface area contributed by atoms with Gasteiger partial charge < -0.3 is 10.4 Å². The predicted octanol–water partition coefficient (Wildman–Crippen LogP) is 3.11. The van der Waals surface area contributed by atoms with E-state index in [-0.39, 0.29) is 5.75 Å². The fraction of sp³-hybridized carbons (Fsp3) is 0.333. The maximum atomic E-state index is 8.98. The summed E-state index contributed by atoms with van der Waals surface area (Å²) in [4.78, 5) is 0. The van der Waals surface area contributed by atoms with E-state index in [1.54, 1.807) is 25.2 Å². The van der Waals surface area contributed by atoms with Gasteiger partial charge in [0.15, 0.2) is 0 Å². The smallest absolute Gasteiger partial charge is 0.134 e. The van der Waals surface area contributed by atoms with Crippen molar-refractivity contribution in [3.63, 3.8) is 0 Å². The van der Waals surface area contributed by atoms with Gasteiger partial charge in [-0.25, -0.2) is 0 Å². The predicted molar refractivity (Wildman–Crippen MR) is 54.0 cm³/mol. The minimum atomic E-state index is 0.112. The van der Waals surface area contributed by atoms with E-state index >= 15 is 0 Å². The molecule has 0 unspecified atom stereocenters. The Balaban J connectivity index is 0.000000561. The molecule has 0 aliphatic heterocycles. The first-order valence-electron chi connectivity index (χ1n) is 3.90. The molecule has 0 heterocycles. The van der Waals surface area contributed by atoms with Crippen molar-refractivity contribution in [3.8, 4) is 5.75 Å². The highest BCUT2D eigenvalue weighted by Gasteiger charge is 1.96. The Morgan fingerprint density at radius 2 is 1.92 bits per heavy atom. The first-order chi connectivity index (χ1) is 5.74. The minimum absolute atomic E-state index is 0.112. The molecule has 0 aliphatic rings. The van der Waals surface area contributed by atoms with Gasteiger partial charge in [0.1, 0.15) is 5.75 Å². The van der Waals surface area contributed by atoms with E-state index < -0.39 is 0 Å².